The van der Waals surface area contributed by atoms with Crippen molar-refractivity contribution in [3.63, 3.8) is 0 Å². The number of primary amides is 1. The first kappa shape index (κ1) is 12.8. The number of para-hydroxylation sites is 2. The van der Waals surface area contributed by atoms with Crippen LogP contribution >= 0.6 is 24.2 Å². The van der Waals surface area contributed by atoms with Gasteiger partial charge in [-0.15, -0.1) is 12.4 Å². The van der Waals surface area contributed by atoms with E-state index < -0.39 is 5.91 Å². The van der Waals surface area contributed by atoms with E-state index >= 15 is 0 Å². The first-order chi connectivity index (χ1) is 8.25. The predicted octanol–water partition coefficient (Wildman–Crippen LogP) is 3.42. The van der Waals surface area contributed by atoms with Gasteiger partial charge in [0.1, 0.15) is 0 Å². The van der Waals surface area contributed by atoms with Crippen molar-refractivity contribution in [1.82, 2.24) is 0 Å². The van der Waals surface area contributed by atoms with Gasteiger partial charge in [0.05, 0.1) is 16.9 Å². The molecule has 0 saturated heterocycles. The number of hydrogen-bond donors (Lipinski definition) is 2. The average Bonchev–Trinajstić information content (AvgIpc) is 2.35. The molecule has 0 unspecified atom stereocenters. The van der Waals surface area contributed by atoms with Gasteiger partial charge in [-0.1, -0.05) is 30.0 Å². The summed E-state index contributed by atoms with van der Waals surface area (Å²) in [4.78, 5) is 13.5. The van der Waals surface area contributed by atoms with Crippen LogP contribution < -0.4 is 11.1 Å². The van der Waals surface area contributed by atoms with Crippen LogP contribution in [0.2, 0.25) is 0 Å². The Morgan fingerprint density at radius 3 is 2.56 bits per heavy atom. The second-order valence-corrected chi connectivity index (χ2v) is 4.85. The second kappa shape index (κ2) is 4.92. The van der Waals surface area contributed by atoms with Crippen molar-refractivity contribution in [1.29, 1.82) is 0 Å². The Morgan fingerprint density at radius 2 is 1.78 bits per heavy atom. The summed E-state index contributed by atoms with van der Waals surface area (Å²) in [5.74, 6) is -0.408. The Morgan fingerprint density at radius 1 is 1.06 bits per heavy atom. The fraction of sp³-hybridized carbons (Fsp3) is 0. The Balaban J connectivity index is 0.00000120. The summed E-state index contributed by atoms with van der Waals surface area (Å²) in [6.07, 6.45) is 0. The summed E-state index contributed by atoms with van der Waals surface area (Å²) >= 11 is 1.64. The Hall–Kier alpha value is -1.65. The summed E-state index contributed by atoms with van der Waals surface area (Å²) in [5.41, 5.74) is 7.72. The number of nitrogens with one attached hydrogen (secondary N) is 1. The van der Waals surface area contributed by atoms with Gasteiger partial charge in [0.25, 0.3) is 5.91 Å². The van der Waals surface area contributed by atoms with E-state index in [0.717, 1.165) is 21.2 Å². The van der Waals surface area contributed by atoms with Crippen LogP contribution in [-0.4, -0.2) is 5.91 Å². The lowest BCUT2D eigenvalue weighted by atomic mass is 10.1. The molecule has 0 atom stereocenters. The monoisotopic (exact) mass is 278 g/mol. The van der Waals surface area contributed by atoms with Crippen LogP contribution in [0.15, 0.2) is 52.3 Å². The van der Waals surface area contributed by atoms with Crippen LogP contribution in [0.4, 0.5) is 11.4 Å². The molecule has 0 aliphatic carbocycles. The molecule has 5 heteroatoms. The van der Waals surface area contributed by atoms with Gasteiger partial charge in [-0.2, -0.15) is 0 Å². The molecule has 0 saturated carbocycles. The number of nitrogens with two attached hydrogens (primary N) is 1. The van der Waals surface area contributed by atoms with Crippen molar-refractivity contribution in [2.45, 2.75) is 9.79 Å². The van der Waals surface area contributed by atoms with Gasteiger partial charge in [0.15, 0.2) is 0 Å². The third-order valence-corrected chi connectivity index (χ3v) is 3.79. The molecule has 92 valence electrons. The van der Waals surface area contributed by atoms with Crippen molar-refractivity contribution >= 4 is 41.5 Å². The highest BCUT2D eigenvalue weighted by atomic mass is 35.5. The standard InChI is InChI=1S/C13H10N2OS.ClH/c14-13(16)8-4-3-7-11-12(8)15-9-5-1-2-6-10(9)17-11;/h1-7,15H,(H2,14,16);1H. The summed E-state index contributed by atoms with van der Waals surface area (Å²) in [7, 11) is 0. The summed E-state index contributed by atoms with van der Waals surface area (Å²) < 4.78 is 0. The van der Waals surface area contributed by atoms with Gasteiger partial charge in [-0.3, -0.25) is 4.79 Å². The van der Waals surface area contributed by atoms with Crippen LogP contribution in [-0.2, 0) is 0 Å². The predicted molar refractivity (Wildman–Crippen MR) is 76.1 cm³/mol. The number of anilines is 2. The lowest BCUT2D eigenvalue weighted by molar-refractivity contribution is 0.100. The van der Waals surface area contributed by atoms with Crippen LogP contribution in [0, 0.1) is 0 Å². The normalized spacial score (nSPS) is 11.6. The minimum absolute atomic E-state index is 0. The molecule has 0 aromatic heterocycles. The van der Waals surface area contributed by atoms with Crippen molar-refractivity contribution in [2.75, 3.05) is 5.32 Å². The van der Waals surface area contributed by atoms with E-state index in [-0.39, 0.29) is 12.4 Å². The van der Waals surface area contributed by atoms with E-state index in [1.54, 1.807) is 17.8 Å². The fourth-order valence-electron chi connectivity index (χ4n) is 1.86. The first-order valence-electron chi connectivity index (χ1n) is 5.22. The molecule has 1 amide bonds. The van der Waals surface area contributed by atoms with Gasteiger partial charge in [-0.05, 0) is 24.3 Å². The summed E-state index contributed by atoms with van der Waals surface area (Å²) in [6, 6.07) is 13.6. The lowest BCUT2D eigenvalue weighted by Gasteiger charge is -2.22. The van der Waals surface area contributed by atoms with Crippen LogP contribution in [0.1, 0.15) is 10.4 Å². The smallest absolute Gasteiger partial charge is 0.250 e. The van der Waals surface area contributed by atoms with E-state index in [4.69, 9.17) is 5.73 Å². The largest absolute Gasteiger partial charge is 0.366 e. The lowest BCUT2D eigenvalue weighted by Crippen LogP contribution is -2.14. The molecular weight excluding hydrogens is 268 g/mol. The van der Waals surface area contributed by atoms with Crippen LogP contribution in [0.3, 0.4) is 0 Å². The number of halogens is 1. The van der Waals surface area contributed by atoms with Crippen molar-refractivity contribution in [3.05, 3.63) is 48.0 Å². The van der Waals surface area contributed by atoms with E-state index in [2.05, 4.69) is 5.32 Å². The van der Waals surface area contributed by atoms with E-state index in [1.165, 1.54) is 0 Å². The SMILES string of the molecule is Cl.NC(=O)c1cccc2c1Nc1ccccc1S2. The third-order valence-electron chi connectivity index (χ3n) is 2.66. The quantitative estimate of drug-likeness (QED) is 0.717. The Labute approximate surface area is 115 Å². The van der Waals surface area contributed by atoms with Gasteiger partial charge in [-0.25, -0.2) is 0 Å². The first-order valence-corrected chi connectivity index (χ1v) is 6.04. The third kappa shape index (κ3) is 2.05. The zero-order chi connectivity index (χ0) is 11.8. The molecule has 0 fully saturated rings. The maximum absolute atomic E-state index is 11.4. The minimum atomic E-state index is -0.408. The number of benzene rings is 2. The molecule has 1 aliphatic rings. The molecular formula is C13H11ClN2OS. The van der Waals surface area contributed by atoms with Crippen molar-refractivity contribution in [2.24, 2.45) is 5.73 Å². The zero-order valence-corrected chi connectivity index (χ0v) is 11.0. The molecule has 18 heavy (non-hydrogen) atoms. The second-order valence-electron chi connectivity index (χ2n) is 3.77. The molecule has 0 spiro atoms. The number of hydrogen-bond acceptors (Lipinski definition) is 3. The maximum Gasteiger partial charge on any atom is 0.250 e. The maximum atomic E-state index is 11.4. The topological polar surface area (TPSA) is 55.1 Å². The number of rotatable bonds is 1. The van der Waals surface area contributed by atoms with Crippen molar-refractivity contribution in [3.8, 4) is 0 Å². The van der Waals surface area contributed by atoms with Gasteiger partial charge >= 0.3 is 0 Å². The minimum Gasteiger partial charge on any atom is -0.366 e. The highest BCUT2D eigenvalue weighted by Crippen LogP contribution is 2.45. The van der Waals surface area contributed by atoms with E-state index in [0.29, 0.717) is 5.56 Å². The summed E-state index contributed by atoms with van der Waals surface area (Å²) in [6.45, 7) is 0. The molecule has 0 bridgehead atoms. The zero-order valence-electron chi connectivity index (χ0n) is 9.34. The Kier molecular flexibility index (Phi) is 3.50. The van der Waals surface area contributed by atoms with Crippen molar-refractivity contribution < 1.29 is 4.79 Å². The highest BCUT2D eigenvalue weighted by molar-refractivity contribution is 7.99. The summed E-state index contributed by atoms with van der Waals surface area (Å²) in [5, 5.41) is 3.27. The van der Waals surface area contributed by atoms with Gasteiger partial charge in [0, 0.05) is 9.79 Å². The number of fused-ring (bicyclic) bond motifs is 2. The van der Waals surface area contributed by atoms with Gasteiger partial charge in [0.2, 0.25) is 0 Å². The Bertz CT molecular complexity index is 616. The molecule has 3 N–H and O–H groups in total. The molecule has 2 aromatic rings. The number of carbonyl (C=O) groups is 1. The van der Waals surface area contributed by atoms with Gasteiger partial charge < -0.3 is 11.1 Å². The number of amides is 1. The highest BCUT2D eigenvalue weighted by Gasteiger charge is 2.19. The molecule has 3 nitrogen and oxygen atoms in total. The average molecular weight is 279 g/mol. The van der Waals surface area contributed by atoms with Crippen LogP contribution in [0.5, 0.6) is 0 Å². The molecule has 1 aliphatic heterocycles. The van der Waals surface area contributed by atoms with E-state index in [9.17, 15) is 4.79 Å². The molecule has 2 aromatic carbocycles. The van der Waals surface area contributed by atoms with E-state index in [1.807, 2.05) is 36.4 Å². The molecule has 3 rings (SSSR count). The number of carbonyl (C=O) groups excluding carboxylic acids is 1. The fourth-order valence-corrected chi connectivity index (χ4v) is 2.88. The molecule has 0 radical (unpaired) electrons. The van der Waals surface area contributed by atoms with Crippen LogP contribution in [0.25, 0.3) is 0 Å². The molecule has 1 heterocycles.